The van der Waals surface area contributed by atoms with Gasteiger partial charge >= 0.3 is 12.1 Å². The maximum atomic E-state index is 13.0. The largest absolute Gasteiger partial charge is 0.496 e. The van der Waals surface area contributed by atoms with Crippen LogP contribution in [0.2, 0.25) is 0 Å². The van der Waals surface area contributed by atoms with E-state index in [1.165, 1.54) is 14.2 Å². The highest BCUT2D eigenvalue weighted by molar-refractivity contribution is 5.97. The monoisotopic (exact) mass is 482 g/mol. The average Bonchev–Trinajstić information content (AvgIpc) is 2.87. The van der Waals surface area contributed by atoms with Crippen LogP contribution in [0.3, 0.4) is 0 Å². The van der Waals surface area contributed by atoms with Crippen molar-refractivity contribution in [1.29, 1.82) is 0 Å². The SMILES string of the molecule is COc1ccccc1C(=O)NC[C@]1(c2ccccc2)CC[C@](NC(=O)OC(C)C)(C(=O)OC)CC1. The molecule has 2 N–H and O–H groups in total. The summed E-state index contributed by atoms with van der Waals surface area (Å²) in [5, 5.41) is 5.84. The summed E-state index contributed by atoms with van der Waals surface area (Å²) in [6.45, 7) is 3.85. The molecule has 0 heterocycles. The van der Waals surface area contributed by atoms with E-state index in [9.17, 15) is 14.4 Å². The standard InChI is InChI=1S/C27H34N2O6/c1-19(2)35-25(32)29-27(24(31)34-4)16-14-26(15-17-27,20-10-6-5-7-11-20)18-28-23(30)21-12-8-9-13-22(21)33-3/h5-13,19H,14-18H2,1-4H3,(H,28,30)(H,29,32)/t26-,27+. The summed E-state index contributed by atoms with van der Waals surface area (Å²) < 4.78 is 15.6. The van der Waals surface area contributed by atoms with Crippen molar-refractivity contribution in [2.24, 2.45) is 0 Å². The molecule has 3 rings (SSSR count). The number of esters is 1. The zero-order chi connectivity index (χ0) is 25.5. The Hall–Kier alpha value is -3.55. The van der Waals surface area contributed by atoms with Crippen LogP contribution in [0, 0.1) is 0 Å². The molecule has 2 aromatic carbocycles. The Labute approximate surface area is 206 Å². The Morgan fingerprint density at radius 3 is 2.14 bits per heavy atom. The molecule has 0 aliphatic heterocycles. The second-order valence-corrected chi connectivity index (χ2v) is 9.18. The third-order valence-electron chi connectivity index (χ3n) is 6.65. The van der Waals surface area contributed by atoms with Crippen molar-refractivity contribution in [3.8, 4) is 5.75 Å². The van der Waals surface area contributed by atoms with Crippen LogP contribution >= 0.6 is 0 Å². The van der Waals surface area contributed by atoms with E-state index < -0.39 is 23.0 Å². The molecule has 0 bridgehead atoms. The van der Waals surface area contributed by atoms with Crippen molar-refractivity contribution in [1.82, 2.24) is 10.6 Å². The maximum absolute atomic E-state index is 13.0. The number of hydrogen-bond donors (Lipinski definition) is 2. The number of para-hydroxylation sites is 1. The molecular weight excluding hydrogens is 448 g/mol. The van der Waals surface area contributed by atoms with Crippen LogP contribution in [0.5, 0.6) is 5.75 Å². The Morgan fingerprint density at radius 2 is 1.54 bits per heavy atom. The lowest BCUT2D eigenvalue weighted by Gasteiger charge is -2.45. The minimum Gasteiger partial charge on any atom is -0.496 e. The number of carbonyl (C=O) groups excluding carboxylic acids is 3. The van der Waals surface area contributed by atoms with Crippen LogP contribution in [-0.2, 0) is 19.7 Å². The molecule has 8 nitrogen and oxygen atoms in total. The topological polar surface area (TPSA) is 103 Å². The lowest BCUT2D eigenvalue weighted by Crippen LogP contribution is -2.60. The van der Waals surface area contributed by atoms with E-state index in [2.05, 4.69) is 10.6 Å². The smallest absolute Gasteiger partial charge is 0.408 e. The van der Waals surface area contributed by atoms with Crippen LogP contribution in [0.15, 0.2) is 54.6 Å². The van der Waals surface area contributed by atoms with Gasteiger partial charge in [0, 0.05) is 12.0 Å². The molecule has 1 aliphatic rings. The lowest BCUT2D eigenvalue weighted by molar-refractivity contribution is -0.150. The van der Waals surface area contributed by atoms with Gasteiger partial charge in [-0.1, -0.05) is 42.5 Å². The molecule has 0 spiro atoms. The predicted molar refractivity (Wildman–Crippen MR) is 131 cm³/mol. The van der Waals surface area contributed by atoms with Crippen molar-refractivity contribution in [2.75, 3.05) is 20.8 Å². The van der Waals surface area contributed by atoms with Crippen molar-refractivity contribution in [3.05, 3.63) is 65.7 Å². The Bertz CT molecular complexity index is 1030. The van der Waals surface area contributed by atoms with Gasteiger partial charge in [0.2, 0.25) is 0 Å². The van der Waals surface area contributed by atoms with E-state index in [1.807, 2.05) is 36.4 Å². The number of ether oxygens (including phenoxy) is 3. The number of rotatable bonds is 8. The van der Waals surface area contributed by atoms with E-state index >= 15 is 0 Å². The Kier molecular flexibility index (Phi) is 8.38. The molecule has 8 heteroatoms. The second-order valence-electron chi connectivity index (χ2n) is 9.18. The summed E-state index contributed by atoms with van der Waals surface area (Å²) in [7, 11) is 2.84. The van der Waals surface area contributed by atoms with Crippen LogP contribution in [-0.4, -0.2) is 50.4 Å². The van der Waals surface area contributed by atoms with Gasteiger partial charge in [0.1, 0.15) is 11.3 Å². The normalized spacial score (nSPS) is 21.6. The molecule has 2 aromatic rings. The minimum absolute atomic E-state index is 0.235. The Balaban J connectivity index is 1.84. The highest BCUT2D eigenvalue weighted by atomic mass is 16.6. The first kappa shape index (κ1) is 26.1. The zero-order valence-electron chi connectivity index (χ0n) is 20.8. The number of benzene rings is 2. The number of alkyl carbamates (subject to hydrolysis) is 1. The quantitative estimate of drug-likeness (QED) is 0.552. The summed E-state index contributed by atoms with van der Waals surface area (Å²) >= 11 is 0. The molecule has 0 aromatic heterocycles. The second kappa shape index (κ2) is 11.3. The maximum Gasteiger partial charge on any atom is 0.408 e. The van der Waals surface area contributed by atoms with E-state index in [0.717, 1.165) is 5.56 Å². The number of nitrogens with one attached hydrogen (secondary N) is 2. The lowest BCUT2D eigenvalue weighted by atomic mass is 9.64. The van der Waals surface area contributed by atoms with Crippen molar-refractivity contribution in [2.45, 2.75) is 56.6 Å². The van der Waals surface area contributed by atoms with Crippen LogP contribution in [0.4, 0.5) is 4.79 Å². The summed E-state index contributed by atoms with van der Waals surface area (Å²) in [6.07, 6.45) is 0.794. The third-order valence-corrected chi connectivity index (χ3v) is 6.65. The molecule has 0 atom stereocenters. The van der Waals surface area contributed by atoms with Crippen molar-refractivity contribution < 1.29 is 28.6 Å². The number of carbonyl (C=O) groups is 3. The molecule has 0 saturated heterocycles. The first-order valence-electron chi connectivity index (χ1n) is 11.8. The highest BCUT2D eigenvalue weighted by Crippen LogP contribution is 2.43. The summed E-state index contributed by atoms with van der Waals surface area (Å²) in [6, 6.07) is 17.0. The van der Waals surface area contributed by atoms with Gasteiger partial charge in [-0.15, -0.1) is 0 Å². The summed E-state index contributed by atoms with van der Waals surface area (Å²) in [5.41, 5.74) is -0.106. The zero-order valence-corrected chi connectivity index (χ0v) is 20.8. The van der Waals surface area contributed by atoms with Gasteiger partial charge < -0.3 is 24.8 Å². The number of hydrogen-bond acceptors (Lipinski definition) is 6. The van der Waals surface area contributed by atoms with E-state index in [0.29, 0.717) is 43.5 Å². The summed E-state index contributed by atoms with van der Waals surface area (Å²) in [5.74, 6) is -0.237. The van der Waals surface area contributed by atoms with E-state index in [4.69, 9.17) is 14.2 Å². The fourth-order valence-corrected chi connectivity index (χ4v) is 4.71. The molecule has 1 aliphatic carbocycles. The first-order valence-corrected chi connectivity index (χ1v) is 11.8. The summed E-state index contributed by atoms with van der Waals surface area (Å²) in [4.78, 5) is 38.2. The molecule has 1 saturated carbocycles. The predicted octanol–water partition coefficient (Wildman–Crippen LogP) is 3.98. The van der Waals surface area contributed by atoms with Gasteiger partial charge in [-0.3, -0.25) is 4.79 Å². The molecule has 2 amide bonds. The van der Waals surface area contributed by atoms with E-state index in [1.54, 1.807) is 32.0 Å². The van der Waals surface area contributed by atoms with Gasteiger partial charge in [0.05, 0.1) is 25.9 Å². The molecule has 1 fully saturated rings. The van der Waals surface area contributed by atoms with E-state index in [-0.39, 0.29) is 12.0 Å². The van der Waals surface area contributed by atoms with Gasteiger partial charge in [-0.05, 0) is 57.2 Å². The number of methoxy groups -OCH3 is 2. The van der Waals surface area contributed by atoms with Gasteiger partial charge in [0.15, 0.2) is 0 Å². The molecule has 188 valence electrons. The molecule has 35 heavy (non-hydrogen) atoms. The average molecular weight is 483 g/mol. The van der Waals surface area contributed by atoms with Crippen LogP contribution in [0.25, 0.3) is 0 Å². The molecule has 0 unspecified atom stereocenters. The number of amides is 2. The van der Waals surface area contributed by atoms with Crippen molar-refractivity contribution in [3.63, 3.8) is 0 Å². The van der Waals surface area contributed by atoms with Crippen LogP contribution < -0.4 is 15.4 Å². The fourth-order valence-electron chi connectivity index (χ4n) is 4.71. The third kappa shape index (κ3) is 5.93. The Morgan fingerprint density at radius 1 is 0.914 bits per heavy atom. The van der Waals surface area contributed by atoms with Gasteiger partial charge in [-0.2, -0.15) is 0 Å². The first-order chi connectivity index (χ1) is 16.7. The minimum atomic E-state index is -1.19. The van der Waals surface area contributed by atoms with Crippen LogP contribution in [0.1, 0.15) is 55.5 Å². The van der Waals surface area contributed by atoms with Crippen molar-refractivity contribution >= 4 is 18.0 Å². The molecular formula is C27H34N2O6. The fraction of sp³-hybridized carbons (Fsp3) is 0.444. The van der Waals surface area contributed by atoms with Gasteiger partial charge in [0.25, 0.3) is 5.91 Å². The van der Waals surface area contributed by atoms with Gasteiger partial charge in [-0.25, -0.2) is 9.59 Å². The molecule has 0 radical (unpaired) electrons. The highest BCUT2D eigenvalue weighted by Gasteiger charge is 2.50.